The second kappa shape index (κ2) is 6.02. The summed E-state index contributed by atoms with van der Waals surface area (Å²) in [6, 6.07) is 5.16. The fourth-order valence-corrected chi connectivity index (χ4v) is 1.97. The molecule has 2 aromatic rings. The van der Waals surface area contributed by atoms with Crippen molar-refractivity contribution in [2.75, 3.05) is 0 Å². The molecule has 106 valence electrons. The van der Waals surface area contributed by atoms with Crippen LogP contribution in [0.2, 0.25) is 0 Å². The van der Waals surface area contributed by atoms with Gasteiger partial charge in [-0.15, -0.1) is 0 Å². The zero-order valence-electron chi connectivity index (χ0n) is 10.3. The van der Waals surface area contributed by atoms with E-state index in [-0.39, 0.29) is 17.5 Å². The molecule has 6 heteroatoms. The molecule has 0 radical (unpaired) electrons. The first-order valence-electron chi connectivity index (χ1n) is 5.85. The van der Waals surface area contributed by atoms with Crippen molar-refractivity contribution in [1.29, 1.82) is 0 Å². The van der Waals surface area contributed by atoms with E-state index in [9.17, 15) is 17.6 Å². The molecule has 20 heavy (non-hydrogen) atoms. The van der Waals surface area contributed by atoms with Crippen LogP contribution >= 0.6 is 0 Å². The highest BCUT2D eigenvalue weighted by Gasteiger charge is 2.15. The van der Waals surface area contributed by atoms with E-state index in [1.807, 2.05) is 0 Å². The molecule has 3 N–H and O–H groups in total. The van der Waals surface area contributed by atoms with E-state index in [4.69, 9.17) is 5.84 Å². The zero-order valence-corrected chi connectivity index (χ0v) is 10.3. The molecule has 0 aliphatic heterocycles. The Bertz CT molecular complexity index is 596. The van der Waals surface area contributed by atoms with Crippen molar-refractivity contribution in [3.05, 3.63) is 70.8 Å². The summed E-state index contributed by atoms with van der Waals surface area (Å²) in [6.07, 6.45) is -0.0387. The van der Waals surface area contributed by atoms with Gasteiger partial charge in [-0.1, -0.05) is 0 Å². The number of rotatable bonds is 4. The predicted octanol–water partition coefficient (Wildman–Crippen LogP) is 2.99. The average Bonchev–Trinajstić information content (AvgIpc) is 2.38. The van der Waals surface area contributed by atoms with Crippen molar-refractivity contribution >= 4 is 0 Å². The lowest BCUT2D eigenvalue weighted by Gasteiger charge is -2.17. The molecule has 2 rings (SSSR count). The van der Waals surface area contributed by atoms with Gasteiger partial charge in [0.25, 0.3) is 0 Å². The molecule has 0 aliphatic carbocycles. The van der Waals surface area contributed by atoms with Gasteiger partial charge >= 0.3 is 0 Å². The molecule has 0 amide bonds. The largest absolute Gasteiger partial charge is 0.271 e. The molecule has 0 aliphatic rings. The topological polar surface area (TPSA) is 38.0 Å². The van der Waals surface area contributed by atoms with Crippen molar-refractivity contribution in [1.82, 2.24) is 5.43 Å². The molecular weight excluding hydrogens is 272 g/mol. The van der Waals surface area contributed by atoms with Gasteiger partial charge in [-0.25, -0.2) is 17.6 Å². The summed E-state index contributed by atoms with van der Waals surface area (Å²) in [7, 11) is 0. The van der Waals surface area contributed by atoms with Crippen LogP contribution in [0.15, 0.2) is 36.4 Å². The third kappa shape index (κ3) is 3.34. The number of halogens is 4. The molecule has 0 fully saturated rings. The van der Waals surface area contributed by atoms with E-state index in [0.29, 0.717) is 0 Å². The van der Waals surface area contributed by atoms with E-state index in [0.717, 1.165) is 36.4 Å². The molecule has 2 nitrogen and oxygen atoms in total. The lowest BCUT2D eigenvalue weighted by atomic mass is 9.98. The summed E-state index contributed by atoms with van der Waals surface area (Å²) < 4.78 is 53.0. The molecule has 0 saturated carbocycles. The van der Waals surface area contributed by atoms with Crippen LogP contribution in [0, 0.1) is 23.3 Å². The van der Waals surface area contributed by atoms with Gasteiger partial charge in [-0.05, 0) is 47.9 Å². The van der Waals surface area contributed by atoms with E-state index in [1.165, 1.54) is 0 Å². The third-order valence-corrected chi connectivity index (χ3v) is 2.92. The minimum atomic E-state index is -0.764. The van der Waals surface area contributed by atoms with E-state index < -0.39 is 29.3 Å². The molecule has 0 aromatic heterocycles. The highest BCUT2D eigenvalue weighted by Crippen LogP contribution is 2.22. The second-order valence-electron chi connectivity index (χ2n) is 4.36. The molecule has 0 saturated heterocycles. The normalized spacial score (nSPS) is 12.4. The van der Waals surface area contributed by atoms with Gasteiger partial charge in [0.2, 0.25) is 0 Å². The molecule has 0 spiro atoms. The van der Waals surface area contributed by atoms with E-state index in [1.54, 1.807) is 0 Å². The van der Waals surface area contributed by atoms with E-state index in [2.05, 4.69) is 5.43 Å². The van der Waals surface area contributed by atoms with Crippen molar-refractivity contribution in [2.24, 2.45) is 5.84 Å². The number of nitrogens with one attached hydrogen (secondary N) is 1. The summed E-state index contributed by atoms with van der Waals surface area (Å²) in [5.41, 5.74) is 2.63. The predicted molar refractivity (Wildman–Crippen MR) is 66.5 cm³/mol. The fraction of sp³-hybridized carbons (Fsp3) is 0.143. The lowest BCUT2D eigenvalue weighted by Crippen LogP contribution is -2.30. The van der Waals surface area contributed by atoms with Crippen LogP contribution in [0.4, 0.5) is 17.6 Å². The Morgan fingerprint density at radius 3 is 2.15 bits per heavy atom. The van der Waals surface area contributed by atoms with Gasteiger partial charge in [0.15, 0.2) is 0 Å². The number of hydrazine groups is 1. The maximum Gasteiger partial charge on any atom is 0.126 e. The second-order valence-corrected chi connectivity index (χ2v) is 4.36. The highest BCUT2D eigenvalue weighted by molar-refractivity contribution is 5.26. The monoisotopic (exact) mass is 284 g/mol. The Morgan fingerprint density at radius 1 is 0.900 bits per heavy atom. The number of hydrogen-bond donors (Lipinski definition) is 2. The number of nitrogens with two attached hydrogens (primary N) is 1. The van der Waals surface area contributed by atoms with Gasteiger partial charge in [0.05, 0.1) is 6.04 Å². The van der Waals surface area contributed by atoms with Crippen molar-refractivity contribution in [2.45, 2.75) is 12.5 Å². The average molecular weight is 284 g/mol. The van der Waals surface area contributed by atoms with Crippen LogP contribution < -0.4 is 11.3 Å². The fourth-order valence-electron chi connectivity index (χ4n) is 1.97. The maximum atomic E-state index is 13.6. The van der Waals surface area contributed by atoms with Crippen LogP contribution in [0.1, 0.15) is 17.2 Å². The Morgan fingerprint density at radius 2 is 1.55 bits per heavy atom. The van der Waals surface area contributed by atoms with E-state index >= 15 is 0 Å². The summed E-state index contributed by atoms with van der Waals surface area (Å²) in [6.45, 7) is 0. The summed E-state index contributed by atoms with van der Waals surface area (Å²) >= 11 is 0. The van der Waals surface area contributed by atoms with Gasteiger partial charge in [0.1, 0.15) is 23.3 Å². The minimum absolute atomic E-state index is 0.0387. The van der Waals surface area contributed by atoms with Gasteiger partial charge in [-0.3, -0.25) is 11.3 Å². The van der Waals surface area contributed by atoms with Crippen LogP contribution in [0.3, 0.4) is 0 Å². The highest BCUT2D eigenvalue weighted by atomic mass is 19.1. The SMILES string of the molecule is NNC(Cc1cc(F)ccc1F)c1cc(F)cc(F)c1. The van der Waals surface area contributed by atoms with Crippen molar-refractivity contribution in [3.63, 3.8) is 0 Å². The quantitative estimate of drug-likeness (QED) is 0.514. The Labute approximate surface area is 113 Å². The van der Waals surface area contributed by atoms with Crippen molar-refractivity contribution in [3.8, 4) is 0 Å². The maximum absolute atomic E-state index is 13.6. The van der Waals surface area contributed by atoms with Crippen LogP contribution in [-0.2, 0) is 6.42 Å². The molecule has 0 bridgehead atoms. The first-order valence-corrected chi connectivity index (χ1v) is 5.85. The van der Waals surface area contributed by atoms with Gasteiger partial charge in [0, 0.05) is 6.07 Å². The van der Waals surface area contributed by atoms with Crippen LogP contribution in [-0.4, -0.2) is 0 Å². The third-order valence-electron chi connectivity index (χ3n) is 2.92. The molecule has 0 heterocycles. The first kappa shape index (κ1) is 14.5. The van der Waals surface area contributed by atoms with Crippen LogP contribution in [0.5, 0.6) is 0 Å². The molecule has 2 aromatic carbocycles. The standard InChI is InChI=1S/C14H12F4N2/c15-10-1-2-13(18)8(3-10)6-14(20-19)9-4-11(16)7-12(17)5-9/h1-5,7,14,20H,6,19H2. The zero-order chi connectivity index (χ0) is 14.7. The minimum Gasteiger partial charge on any atom is -0.271 e. The number of hydrogen-bond acceptors (Lipinski definition) is 2. The molecular formula is C14H12F4N2. The molecule has 1 unspecified atom stereocenters. The van der Waals surface area contributed by atoms with Crippen molar-refractivity contribution < 1.29 is 17.6 Å². The summed E-state index contributed by atoms with van der Waals surface area (Å²) in [4.78, 5) is 0. The van der Waals surface area contributed by atoms with Gasteiger partial charge in [-0.2, -0.15) is 0 Å². The Balaban J connectivity index is 2.30. The first-order chi connectivity index (χ1) is 9.49. The van der Waals surface area contributed by atoms with Crippen LogP contribution in [0.25, 0.3) is 0 Å². The lowest BCUT2D eigenvalue weighted by molar-refractivity contribution is 0.512. The molecule has 1 atom stereocenters. The smallest absolute Gasteiger partial charge is 0.126 e. The summed E-state index contributed by atoms with van der Waals surface area (Å²) in [5, 5.41) is 0. The van der Waals surface area contributed by atoms with Gasteiger partial charge < -0.3 is 0 Å². The Kier molecular flexibility index (Phi) is 4.36. The summed E-state index contributed by atoms with van der Waals surface area (Å²) in [5.74, 6) is 2.60. The number of benzene rings is 2. The Hall–Kier alpha value is -1.92.